The van der Waals surface area contributed by atoms with E-state index in [0.717, 1.165) is 42.6 Å². The molecule has 0 unspecified atom stereocenters. The van der Waals surface area contributed by atoms with Crippen LogP contribution in [0.1, 0.15) is 0 Å². The molecular weight excluding hydrogens is 442 g/mol. The molecule has 5 aromatic rings. The molecule has 0 radical (unpaired) electrons. The molecular formula is C26H25N7O2. The number of rotatable bonds is 4. The van der Waals surface area contributed by atoms with Gasteiger partial charge in [-0.3, -0.25) is 9.36 Å². The minimum atomic E-state index is -0.232. The van der Waals surface area contributed by atoms with E-state index in [2.05, 4.69) is 15.2 Å². The van der Waals surface area contributed by atoms with Crippen LogP contribution in [0.2, 0.25) is 0 Å². The predicted molar refractivity (Wildman–Crippen MR) is 136 cm³/mol. The summed E-state index contributed by atoms with van der Waals surface area (Å²) in [6.07, 6.45) is 3.67. The smallest absolute Gasteiger partial charge is 0.283 e. The Morgan fingerprint density at radius 3 is 2.54 bits per heavy atom. The van der Waals surface area contributed by atoms with E-state index in [1.807, 2.05) is 66.3 Å². The van der Waals surface area contributed by atoms with Crippen molar-refractivity contribution in [1.82, 2.24) is 29.4 Å². The Morgan fingerprint density at radius 2 is 1.77 bits per heavy atom. The van der Waals surface area contributed by atoms with Crippen LogP contribution in [0.3, 0.4) is 0 Å². The summed E-state index contributed by atoms with van der Waals surface area (Å²) in [6, 6.07) is 15.4. The molecule has 9 nitrogen and oxygen atoms in total. The molecule has 6 rings (SSSR count). The van der Waals surface area contributed by atoms with Gasteiger partial charge in [-0.05, 0) is 30.3 Å². The van der Waals surface area contributed by atoms with Crippen molar-refractivity contribution in [3.8, 4) is 22.7 Å². The highest BCUT2D eigenvalue weighted by atomic mass is 16.5. The Bertz CT molecular complexity index is 1600. The van der Waals surface area contributed by atoms with Crippen LogP contribution in [-0.2, 0) is 7.05 Å². The van der Waals surface area contributed by atoms with Gasteiger partial charge in [0.2, 0.25) is 5.95 Å². The Kier molecular flexibility index (Phi) is 5.18. The molecule has 1 aliphatic heterocycles. The molecule has 2 aromatic carbocycles. The van der Waals surface area contributed by atoms with Crippen molar-refractivity contribution in [2.75, 3.05) is 38.2 Å². The average Bonchev–Trinajstić information content (AvgIpc) is 3.25. The maximum Gasteiger partial charge on any atom is 0.283 e. The van der Waals surface area contributed by atoms with Crippen LogP contribution in [0, 0.1) is 0 Å². The number of methoxy groups -OCH3 is 1. The van der Waals surface area contributed by atoms with Crippen molar-refractivity contribution < 1.29 is 4.74 Å². The molecule has 0 aliphatic carbocycles. The number of nitrogens with one attached hydrogen (secondary N) is 1. The molecule has 0 spiro atoms. The zero-order valence-corrected chi connectivity index (χ0v) is 19.6. The fourth-order valence-corrected chi connectivity index (χ4v) is 4.67. The summed E-state index contributed by atoms with van der Waals surface area (Å²) in [7, 11) is 3.59. The van der Waals surface area contributed by atoms with Gasteiger partial charge < -0.3 is 19.5 Å². The van der Waals surface area contributed by atoms with Crippen LogP contribution in [0.15, 0.2) is 65.7 Å². The van der Waals surface area contributed by atoms with Crippen molar-refractivity contribution in [2.24, 2.45) is 7.05 Å². The molecule has 0 saturated carbocycles. The van der Waals surface area contributed by atoms with Crippen LogP contribution < -0.4 is 20.5 Å². The average molecular weight is 468 g/mol. The maximum absolute atomic E-state index is 14.1. The Labute approximate surface area is 201 Å². The van der Waals surface area contributed by atoms with Crippen LogP contribution in [0.5, 0.6) is 5.75 Å². The highest BCUT2D eigenvalue weighted by molar-refractivity contribution is 5.95. The normalized spacial score (nSPS) is 14.1. The quantitative estimate of drug-likeness (QED) is 0.435. The number of hydrogen-bond donors (Lipinski definition) is 1. The van der Waals surface area contributed by atoms with Gasteiger partial charge in [-0.2, -0.15) is 4.98 Å². The third kappa shape index (κ3) is 3.60. The number of aryl methyl sites for hydroxylation is 1. The monoisotopic (exact) mass is 467 g/mol. The van der Waals surface area contributed by atoms with Crippen LogP contribution in [0.4, 0.5) is 5.95 Å². The van der Waals surface area contributed by atoms with E-state index in [9.17, 15) is 4.79 Å². The number of benzene rings is 2. The highest BCUT2D eigenvalue weighted by Gasteiger charge is 2.21. The maximum atomic E-state index is 14.1. The first-order chi connectivity index (χ1) is 17.1. The standard InChI is InChI=1S/C26H25N7O2/c1-31-16-20(19-5-3-4-6-22(19)31)23-25(34)33(17-7-9-18(35-2)10-8-17)24-21(29-23)15-28-26(30-24)32-13-11-27-12-14-32/h3-10,15-16,27H,11-14H2,1-2H3. The molecule has 0 bridgehead atoms. The number of aromatic nitrogens is 5. The molecule has 35 heavy (non-hydrogen) atoms. The number of hydrogen-bond acceptors (Lipinski definition) is 7. The van der Waals surface area contributed by atoms with E-state index in [-0.39, 0.29) is 5.56 Å². The number of fused-ring (bicyclic) bond motifs is 2. The summed E-state index contributed by atoms with van der Waals surface area (Å²) in [5.74, 6) is 1.31. The molecule has 0 atom stereocenters. The lowest BCUT2D eigenvalue weighted by molar-refractivity contribution is 0.414. The van der Waals surface area contributed by atoms with Crippen molar-refractivity contribution in [2.45, 2.75) is 0 Å². The van der Waals surface area contributed by atoms with Gasteiger partial charge in [0, 0.05) is 55.9 Å². The molecule has 1 saturated heterocycles. The predicted octanol–water partition coefficient (Wildman–Crippen LogP) is 2.75. The number of anilines is 1. The third-order valence-electron chi connectivity index (χ3n) is 6.47. The van der Waals surface area contributed by atoms with E-state index in [0.29, 0.717) is 34.2 Å². The topological polar surface area (TPSA) is 90.1 Å². The van der Waals surface area contributed by atoms with Crippen molar-refractivity contribution in [3.63, 3.8) is 0 Å². The molecule has 4 heterocycles. The lowest BCUT2D eigenvalue weighted by Gasteiger charge is -2.27. The Morgan fingerprint density at radius 1 is 1.00 bits per heavy atom. The van der Waals surface area contributed by atoms with E-state index in [4.69, 9.17) is 14.7 Å². The zero-order valence-electron chi connectivity index (χ0n) is 19.6. The Balaban J connectivity index is 1.63. The summed E-state index contributed by atoms with van der Waals surface area (Å²) in [4.78, 5) is 30.4. The fourth-order valence-electron chi connectivity index (χ4n) is 4.67. The largest absolute Gasteiger partial charge is 0.497 e. The van der Waals surface area contributed by atoms with Gasteiger partial charge in [0.1, 0.15) is 17.0 Å². The van der Waals surface area contributed by atoms with Gasteiger partial charge in [0.15, 0.2) is 5.65 Å². The van der Waals surface area contributed by atoms with Gasteiger partial charge >= 0.3 is 0 Å². The number of nitrogens with zero attached hydrogens (tertiary/aromatic N) is 6. The van der Waals surface area contributed by atoms with Gasteiger partial charge in [0.25, 0.3) is 5.56 Å². The first-order valence-electron chi connectivity index (χ1n) is 11.6. The van der Waals surface area contributed by atoms with Crippen LogP contribution >= 0.6 is 0 Å². The van der Waals surface area contributed by atoms with E-state index >= 15 is 0 Å². The highest BCUT2D eigenvalue weighted by Crippen LogP contribution is 2.29. The first kappa shape index (κ1) is 21.3. The van der Waals surface area contributed by atoms with Crippen LogP contribution in [0.25, 0.3) is 39.0 Å². The van der Waals surface area contributed by atoms with E-state index < -0.39 is 0 Å². The summed E-state index contributed by atoms with van der Waals surface area (Å²) in [5, 5.41) is 4.31. The third-order valence-corrected chi connectivity index (χ3v) is 6.47. The van der Waals surface area contributed by atoms with Crippen molar-refractivity contribution >= 4 is 28.0 Å². The van der Waals surface area contributed by atoms with Gasteiger partial charge in [-0.1, -0.05) is 18.2 Å². The van der Waals surface area contributed by atoms with Crippen LogP contribution in [-0.4, -0.2) is 57.4 Å². The number of para-hydroxylation sites is 1. The summed E-state index contributed by atoms with van der Waals surface area (Å²) >= 11 is 0. The molecule has 1 N–H and O–H groups in total. The second-order valence-corrected chi connectivity index (χ2v) is 8.59. The SMILES string of the molecule is COc1ccc(-n2c(=O)c(-c3cn(C)c4ccccc34)nc3cnc(N4CCNCC4)nc32)cc1. The molecule has 1 aliphatic rings. The lowest BCUT2D eigenvalue weighted by atomic mass is 10.1. The van der Waals surface area contributed by atoms with Gasteiger partial charge in [-0.25, -0.2) is 9.97 Å². The zero-order chi connectivity index (χ0) is 23.9. The molecule has 3 aromatic heterocycles. The van der Waals surface area contributed by atoms with Gasteiger partial charge in [-0.15, -0.1) is 0 Å². The van der Waals surface area contributed by atoms with Crippen molar-refractivity contribution in [3.05, 3.63) is 71.3 Å². The minimum absolute atomic E-state index is 0.232. The fraction of sp³-hybridized carbons (Fsp3) is 0.231. The molecule has 176 valence electrons. The van der Waals surface area contributed by atoms with Crippen molar-refractivity contribution in [1.29, 1.82) is 0 Å². The second kappa shape index (κ2) is 8.52. The first-order valence-corrected chi connectivity index (χ1v) is 11.6. The summed E-state index contributed by atoms with van der Waals surface area (Å²) < 4.78 is 8.97. The molecule has 9 heteroatoms. The molecule has 0 amide bonds. The number of piperazine rings is 1. The van der Waals surface area contributed by atoms with Gasteiger partial charge in [0.05, 0.1) is 19.0 Å². The van der Waals surface area contributed by atoms with E-state index in [1.54, 1.807) is 17.9 Å². The number of ether oxygens (including phenoxy) is 1. The summed E-state index contributed by atoms with van der Waals surface area (Å²) in [5.41, 5.74) is 3.67. The Hall–Kier alpha value is -4.24. The molecule has 1 fully saturated rings. The lowest BCUT2D eigenvalue weighted by Crippen LogP contribution is -2.44. The second-order valence-electron chi connectivity index (χ2n) is 8.59. The minimum Gasteiger partial charge on any atom is -0.497 e. The summed E-state index contributed by atoms with van der Waals surface area (Å²) in [6.45, 7) is 3.34. The van der Waals surface area contributed by atoms with E-state index in [1.165, 1.54) is 0 Å².